The fourth-order valence-electron chi connectivity index (χ4n) is 3.02. The third-order valence-electron chi connectivity index (χ3n) is 4.52. The van der Waals surface area contributed by atoms with Gasteiger partial charge >= 0.3 is 5.97 Å². The molecule has 1 aromatic carbocycles. The predicted octanol–water partition coefficient (Wildman–Crippen LogP) is 0.533. The van der Waals surface area contributed by atoms with E-state index in [0.29, 0.717) is 12.2 Å². The molecule has 2 aliphatic heterocycles. The smallest absolute Gasteiger partial charge is 0.352 e. The first-order valence-electron chi connectivity index (χ1n) is 8.10. The van der Waals surface area contributed by atoms with Gasteiger partial charge in [-0.3, -0.25) is 15.1 Å². The summed E-state index contributed by atoms with van der Waals surface area (Å²) >= 11 is 0. The van der Waals surface area contributed by atoms with E-state index in [4.69, 9.17) is 10.1 Å². The molecule has 2 heterocycles. The van der Waals surface area contributed by atoms with Crippen molar-refractivity contribution in [1.29, 1.82) is 5.41 Å². The number of anilines is 1. The van der Waals surface area contributed by atoms with Gasteiger partial charge in [0, 0.05) is 31.9 Å². The quantitative estimate of drug-likeness (QED) is 0.787. The summed E-state index contributed by atoms with van der Waals surface area (Å²) in [7, 11) is 2.08. The largest absolute Gasteiger partial charge is 0.460 e. The maximum atomic E-state index is 12.4. The third-order valence-corrected chi connectivity index (χ3v) is 4.52. The summed E-state index contributed by atoms with van der Waals surface area (Å²) in [6.07, 6.45) is 0. The molecule has 24 heavy (non-hydrogen) atoms. The van der Waals surface area contributed by atoms with Crippen LogP contribution >= 0.6 is 0 Å². The number of benzene rings is 1. The maximum absolute atomic E-state index is 12.4. The minimum absolute atomic E-state index is 0.0595. The first-order valence-corrected chi connectivity index (χ1v) is 8.10. The molecule has 0 saturated carbocycles. The zero-order valence-corrected chi connectivity index (χ0v) is 13.7. The Kier molecular flexibility index (Phi) is 4.92. The summed E-state index contributed by atoms with van der Waals surface area (Å²) in [6, 6.07) is 7.29. The molecule has 128 valence electrons. The van der Waals surface area contributed by atoms with Gasteiger partial charge < -0.3 is 15.0 Å². The Morgan fingerprint density at radius 3 is 2.67 bits per heavy atom. The van der Waals surface area contributed by atoms with Crippen LogP contribution in [0.1, 0.15) is 11.5 Å². The number of cyclic esters (lactones) is 1. The van der Waals surface area contributed by atoms with Gasteiger partial charge in [-0.25, -0.2) is 4.79 Å². The highest BCUT2D eigenvalue weighted by Gasteiger charge is 2.33. The number of esters is 1. The van der Waals surface area contributed by atoms with Crippen LogP contribution in [0.15, 0.2) is 24.3 Å². The Labute approximate surface area is 141 Å². The zero-order chi connectivity index (χ0) is 17.1. The number of piperazine rings is 1. The van der Waals surface area contributed by atoms with Crippen LogP contribution in [0.4, 0.5) is 5.69 Å². The second-order valence-corrected chi connectivity index (χ2v) is 6.28. The lowest BCUT2D eigenvalue weighted by molar-refractivity contribution is -0.132. The fourth-order valence-corrected chi connectivity index (χ4v) is 3.02. The van der Waals surface area contributed by atoms with E-state index >= 15 is 0 Å². The second kappa shape index (κ2) is 7.11. The lowest BCUT2D eigenvalue weighted by atomic mass is 9.95. The van der Waals surface area contributed by atoms with Crippen LogP contribution < -0.4 is 5.32 Å². The number of hydrogen-bond donors (Lipinski definition) is 2. The lowest BCUT2D eigenvalue weighted by Gasteiger charge is -2.31. The molecule has 3 rings (SSSR count). The van der Waals surface area contributed by atoms with Gasteiger partial charge in [0.25, 0.3) is 0 Å². The van der Waals surface area contributed by atoms with Crippen molar-refractivity contribution >= 4 is 23.3 Å². The van der Waals surface area contributed by atoms with Crippen LogP contribution in [-0.4, -0.2) is 73.8 Å². The first-order chi connectivity index (χ1) is 11.5. The van der Waals surface area contributed by atoms with Gasteiger partial charge in [0.05, 0.1) is 12.5 Å². The number of ether oxygens (including phenoxy) is 1. The molecule has 0 spiro atoms. The molecule has 1 amide bonds. The summed E-state index contributed by atoms with van der Waals surface area (Å²) in [5.41, 5.74) is 1.33. The second-order valence-electron chi connectivity index (χ2n) is 6.28. The molecule has 7 nitrogen and oxygen atoms in total. The van der Waals surface area contributed by atoms with Gasteiger partial charge in [-0.05, 0) is 18.7 Å². The number of likely N-dealkylation sites (N-methyl/N-ethyl adjacent to an activating group) is 1. The summed E-state index contributed by atoms with van der Waals surface area (Å²) in [6.45, 7) is 4.18. The van der Waals surface area contributed by atoms with Crippen molar-refractivity contribution in [2.24, 2.45) is 0 Å². The van der Waals surface area contributed by atoms with E-state index in [1.54, 1.807) is 6.07 Å². The van der Waals surface area contributed by atoms with Crippen molar-refractivity contribution in [2.45, 2.75) is 5.92 Å². The van der Waals surface area contributed by atoms with E-state index in [1.807, 2.05) is 18.2 Å². The molecule has 0 unspecified atom stereocenters. The maximum Gasteiger partial charge on any atom is 0.352 e. The molecular weight excluding hydrogens is 308 g/mol. The molecule has 7 heteroatoms. The van der Waals surface area contributed by atoms with Gasteiger partial charge in [0.15, 0.2) is 0 Å². The van der Waals surface area contributed by atoms with E-state index in [2.05, 4.69) is 22.2 Å². The van der Waals surface area contributed by atoms with Crippen LogP contribution in [-0.2, 0) is 14.3 Å². The molecule has 2 saturated heterocycles. The average molecular weight is 330 g/mol. The summed E-state index contributed by atoms with van der Waals surface area (Å²) < 4.78 is 4.93. The Hall–Kier alpha value is -2.25. The van der Waals surface area contributed by atoms with Crippen LogP contribution in [0.3, 0.4) is 0 Å². The Morgan fingerprint density at radius 2 is 2.00 bits per heavy atom. The molecule has 0 radical (unpaired) electrons. The number of amides is 1. The Morgan fingerprint density at radius 1 is 1.29 bits per heavy atom. The molecule has 2 fully saturated rings. The summed E-state index contributed by atoms with van der Waals surface area (Å²) in [5.74, 6) is -1.08. The molecule has 0 aromatic heterocycles. The van der Waals surface area contributed by atoms with Crippen LogP contribution in [0.2, 0.25) is 0 Å². The number of carbonyl (C=O) groups excluding carboxylic acids is 2. The minimum atomic E-state index is -0.585. The minimum Gasteiger partial charge on any atom is -0.460 e. The number of rotatable bonds is 4. The normalized spacial score (nSPS) is 22.5. The van der Waals surface area contributed by atoms with Crippen LogP contribution in [0, 0.1) is 5.41 Å². The van der Waals surface area contributed by atoms with Crippen LogP contribution in [0.5, 0.6) is 0 Å². The molecular formula is C17H22N4O3. The SMILES string of the molecule is CN1CCN(CC(=O)Nc2ccccc2[C@H]2COC(=O)C2=N)CC1. The average Bonchev–Trinajstić information content (AvgIpc) is 2.90. The van der Waals surface area contributed by atoms with E-state index in [0.717, 1.165) is 31.7 Å². The summed E-state index contributed by atoms with van der Waals surface area (Å²) in [5, 5.41) is 10.8. The van der Waals surface area contributed by atoms with Gasteiger partial charge in [-0.2, -0.15) is 0 Å². The lowest BCUT2D eigenvalue weighted by Crippen LogP contribution is -2.47. The Balaban J connectivity index is 1.66. The van der Waals surface area contributed by atoms with E-state index in [1.165, 1.54) is 0 Å². The van der Waals surface area contributed by atoms with Gasteiger partial charge in [-0.1, -0.05) is 18.2 Å². The molecule has 1 atom stereocenters. The zero-order valence-electron chi connectivity index (χ0n) is 13.7. The van der Waals surface area contributed by atoms with E-state index < -0.39 is 11.9 Å². The van der Waals surface area contributed by atoms with Gasteiger partial charge in [0.2, 0.25) is 5.91 Å². The van der Waals surface area contributed by atoms with Crippen molar-refractivity contribution in [1.82, 2.24) is 9.80 Å². The highest BCUT2D eigenvalue weighted by Crippen LogP contribution is 2.29. The fraction of sp³-hybridized carbons (Fsp3) is 0.471. The van der Waals surface area contributed by atoms with Crippen molar-refractivity contribution in [2.75, 3.05) is 51.7 Å². The standard InChI is InChI=1S/C17H22N4O3/c1-20-6-8-21(9-7-20)10-15(22)19-14-5-3-2-4-12(14)13-11-24-17(23)16(13)18/h2-5,13,18H,6-11H2,1H3,(H,19,22)/t13-/m1/s1. The summed E-state index contributed by atoms with van der Waals surface area (Å²) in [4.78, 5) is 28.2. The highest BCUT2D eigenvalue weighted by molar-refractivity contribution is 6.39. The number of nitrogens with zero attached hydrogens (tertiary/aromatic N) is 2. The third kappa shape index (κ3) is 3.63. The highest BCUT2D eigenvalue weighted by atomic mass is 16.5. The van der Waals surface area contributed by atoms with Crippen molar-refractivity contribution < 1.29 is 14.3 Å². The van der Waals surface area contributed by atoms with E-state index in [9.17, 15) is 9.59 Å². The first kappa shape index (κ1) is 16.6. The number of nitrogens with one attached hydrogen (secondary N) is 2. The van der Waals surface area contributed by atoms with Crippen LogP contribution in [0.25, 0.3) is 0 Å². The molecule has 1 aromatic rings. The molecule has 0 aliphatic carbocycles. The van der Waals surface area contributed by atoms with Crippen molar-refractivity contribution in [3.63, 3.8) is 0 Å². The van der Waals surface area contributed by atoms with Crippen molar-refractivity contribution in [3.05, 3.63) is 29.8 Å². The molecule has 2 aliphatic rings. The topological polar surface area (TPSA) is 85.7 Å². The van der Waals surface area contributed by atoms with Gasteiger partial charge in [-0.15, -0.1) is 0 Å². The van der Waals surface area contributed by atoms with Gasteiger partial charge in [0.1, 0.15) is 12.3 Å². The molecule has 2 N–H and O–H groups in total. The number of carbonyl (C=O) groups is 2. The van der Waals surface area contributed by atoms with E-state index in [-0.39, 0.29) is 18.2 Å². The Bertz CT molecular complexity index is 653. The van der Waals surface area contributed by atoms with Crippen molar-refractivity contribution in [3.8, 4) is 0 Å². The monoisotopic (exact) mass is 330 g/mol. The molecule has 0 bridgehead atoms. The number of para-hydroxylation sites is 1. The predicted molar refractivity (Wildman–Crippen MR) is 90.4 cm³/mol. The number of hydrogen-bond acceptors (Lipinski definition) is 6.